The topological polar surface area (TPSA) is 15.3 Å². The summed E-state index contributed by atoms with van der Waals surface area (Å²) < 4.78 is 27.5. The molecular weight excluding hydrogens is 282 g/mol. The molecule has 1 heterocycles. The Hall–Kier alpha value is -1.78. The van der Waals surface area contributed by atoms with Crippen LogP contribution in [0.4, 0.5) is 8.78 Å². The van der Waals surface area contributed by atoms with Crippen molar-refractivity contribution in [1.29, 1.82) is 0 Å². The molecule has 0 bridgehead atoms. The minimum atomic E-state index is -0.382. The molecule has 116 valence electrons. The number of likely N-dealkylation sites (tertiary alicyclic amines) is 1. The van der Waals surface area contributed by atoms with Gasteiger partial charge in [-0.25, -0.2) is 8.78 Å². The monoisotopic (exact) mass is 302 g/mol. The summed E-state index contributed by atoms with van der Waals surface area (Å²) in [5.74, 6) is -0.745. The van der Waals surface area contributed by atoms with Crippen molar-refractivity contribution in [3.63, 3.8) is 0 Å². The number of hydrogen-bond donors (Lipinski definition) is 1. The van der Waals surface area contributed by atoms with Crippen LogP contribution < -0.4 is 5.32 Å². The van der Waals surface area contributed by atoms with Crippen molar-refractivity contribution in [2.45, 2.75) is 18.5 Å². The maximum absolute atomic E-state index is 14.1. The third kappa shape index (κ3) is 3.18. The maximum Gasteiger partial charge on any atom is 0.126 e. The van der Waals surface area contributed by atoms with Gasteiger partial charge in [-0.2, -0.15) is 0 Å². The number of benzene rings is 2. The second-order valence-corrected chi connectivity index (χ2v) is 5.85. The van der Waals surface area contributed by atoms with Gasteiger partial charge in [-0.15, -0.1) is 0 Å². The number of hydrogen-bond acceptors (Lipinski definition) is 2. The molecule has 0 radical (unpaired) electrons. The molecule has 1 fully saturated rings. The van der Waals surface area contributed by atoms with Crippen molar-refractivity contribution in [1.82, 2.24) is 10.2 Å². The predicted octanol–water partition coefficient (Wildman–Crippen LogP) is 3.15. The molecule has 0 aromatic heterocycles. The SMILES string of the molecule is CN[C@H]1CN(Cc2ccccc2)C[C@@H]1c1cc(F)ccc1F. The number of nitrogens with zero attached hydrogens (tertiary/aromatic N) is 1. The maximum atomic E-state index is 14.1. The lowest BCUT2D eigenvalue weighted by atomic mass is 9.94. The van der Waals surface area contributed by atoms with E-state index in [1.807, 2.05) is 25.2 Å². The van der Waals surface area contributed by atoms with Gasteiger partial charge in [-0.05, 0) is 36.4 Å². The standard InChI is InChI=1S/C18H20F2N2/c1-21-18-12-22(10-13-5-3-2-4-6-13)11-16(18)15-9-14(19)7-8-17(15)20/h2-9,16,18,21H,10-12H2,1H3/t16-,18+/m1/s1. The van der Waals surface area contributed by atoms with Crippen LogP contribution in [-0.2, 0) is 6.54 Å². The van der Waals surface area contributed by atoms with Gasteiger partial charge in [-0.3, -0.25) is 4.90 Å². The average molecular weight is 302 g/mol. The summed E-state index contributed by atoms with van der Waals surface area (Å²) in [7, 11) is 1.88. The lowest BCUT2D eigenvalue weighted by Crippen LogP contribution is -2.32. The Bertz CT molecular complexity index is 630. The molecule has 2 nitrogen and oxygen atoms in total. The van der Waals surface area contributed by atoms with E-state index in [1.54, 1.807) is 0 Å². The van der Waals surface area contributed by atoms with Crippen molar-refractivity contribution in [3.8, 4) is 0 Å². The zero-order valence-corrected chi connectivity index (χ0v) is 12.6. The number of rotatable bonds is 4. The highest BCUT2D eigenvalue weighted by molar-refractivity contribution is 5.27. The van der Waals surface area contributed by atoms with Gasteiger partial charge in [0.2, 0.25) is 0 Å². The van der Waals surface area contributed by atoms with E-state index < -0.39 is 0 Å². The van der Waals surface area contributed by atoms with Crippen molar-refractivity contribution in [2.24, 2.45) is 0 Å². The molecule has 0 saturated carbocycles. The van der Waals surface area contributed by atoms with E-state index in [4.69, 9.17) is 0 Å². The van der Waals surface area contributed by atoms with Crippen LogP contribution in [-0.4, -0.2) is 31.1 Å². The van der Waals surface area contributed by atoms with Gasteiger partial charge >= 0.3 is 0 Å². The van der Waals surface area contributed by atoms with Crippen molar-refractivity contribution in [3.05, 3.63) is 71.3 Å². The van der Waals surface area contributed by atoms with Crippen LogP contribution in [0.5, 0.6) is 0 Å². The molecule has 3 rings (SSSR count). The normalized spacial score (nSPS) is 22.1. The summed E-state index contributed by atoms with van der Waals surface area (Å²) in [5.41, 5.74) is 1.70. The van der Waals surface area contributed by atoms with Gasteiger partial charge in [0.25, 0.3) is 0 Å². The molecule has 4 heteroatoms. The fraction of sp³-hybridized carbons (Fsp3) is 0.333. The van der Waals surface area contributed by atoms with Gasteiger partial charge < -0.3 is 5.32 Å². The van der Waals surface area contributed by atoms with Crippen molar-refractivity contribution < 1.29 is 8.78 Å². The zero-order valence-electron chi connectivity index (χ0n) is 12.6. The number of halogens is 2. The van der Waals surface area contributed by atoms with Gasteiger partial charge in [0, 0.05) is 31.6 Å². The van der Waals surface area contributed by atoms with E-state index in [2.05, 4.69) is 22.3 Å². The minimum absolute atomic E-state index is 0.0376. The van der Waals surface area contributed by atoms with Crippen LogP contribution in [0.1, 0.15) is 17.0 Å². The highest BCUT2D eigenvalue weighted by atomic mass is 19.1. The largest absolute Gasteiger partial charge is 0.315 e. The van der Waals surface area contributed by atoms with E-state index in [0.29, 0.717) is 5.56 Å². The molecule has 0 unspecified atom stereocenters. The number of nitrogens with one attached hydrogen (secondary N) is 1. The Balaban J connectivity index is 1.79. The van der Waals surface area contributed by atoms with E-state index in [9.17, 15) is 8.78 Å². The molecule has 1 N–H and O–H groups in total. The lowest BCUT2D eigenvalue weighted by Gasteiger charge is -2.18. The molecule has 1 aliphatic heterocycles. The Morgan fingerprint density at radius 2 is 1.86 bits per heavy atom. The molecule has 2 atom stereocenters. The third-order valence-electron chi connectivity index (χ3n) is 4.37. The molecule has 1 aliphatic rings. The molecule has 2 aromatic rings. The molecular formula is C18H20F2N2. The average Bonchev–Trinajstić information content (AvgIpc) is 2.93. The molecule has 1 saturated heterocycles. The Morgan fingerprint density at radius 1 is 1.09 bits per heavy atom. The first kappa shape index (κ1) is 15.1. The summed E-state index contributed by atoms with van der Waals surface area (Å²) in [6.07, 6.45) is 0. The second-order valence-electron chi connectivity index (χ2n) is 5.85. The van der Waals surface area contributed by atoms with Crippen LogP contribution >= 0.6 is 0 Å². The minimum Gasteiger partial charge on any atom is -0.315 e. The van der Waals surface area contributed by atoms with E-state index in [1.165, 1.54) is 23.8 Å². The molecule has 0 amide bonds. The van der Waals surface area contributed by atoms with Crippen LogP contribution in [0.2, 0.25) is 0 Å². The van der Waals surface area contributed by atoms with Crippen LogP contribution in [0.3, 0.4) is 0 Å². The molecule has 22 heavy (non-hydrogen) atoms. The van der Waals surface area contributed by atoms with Gasteiger partial charge in [0.15, 0.2) is 0 Å². The van der Waals surface area contributed by atoms with Crippen LogP contribution in [0, 0.1) is 11.6 Å². The van der Waals surface area contributed by atoms with Gasteiger partial charge in [0.1, 0.15) is 11.6 Å². The summed E-state index contributed by atoms with van der Waals surface area (Å²) >= 11 is 0. The first-order valence-electron chi connectivity index (χ1n) is 7.56. The van der Waals surface area contributed by atoms with Crippen molar-refractivity contribution in [2.75, 3.05) is 20.1 Å². The van der Waals surface area contributed by atoms with Gasteiger partial charge in [0.05, 0.1) is 0 Å². The quantitative estimate of drug-likeness (QED) is 0.933. The van der Waals surface area contributed by atoms with E-state index in [-0.39, 0.29) is 23.6 Å². The Labute approximate surface area is 129 Å². The Morgan fingerprint density at radius 3 is 2.59 bits per heavy atom. The predicted molar refractivity (Wildman–Crippen MR) is 83.7 cm³/mol. The fourth-order valence-electron chi connectivity index (χ4n) is 3.26. The first-order valence-corrected chi connectivity index (χ1v) is 7.56. The summed E-state index contributed by atoms with van der Waals surface area (Å²) in [6.45, 7) is 2.37. The van der Waals surface area contributed by atoms with E-state index >= 15 is 0 Å². The molecule has 2 aromatic carbocycles. The van der Waals surface area contributed by atoms with Crippen LogP contribution in [0.15, 0.2) is 48.5 Å². The highest BCUT2D eigenvalue weighted by Crippen LogP contribution is 2.30. The highest BCUT2D eigenvalue weighted by Gasteiger charge is 2.34. The second kappa shape index (κ2) is 6.55. The summed E-state index contributed by atoms with van der Waals surface area (Å²) in [6, 6.07) is 14.1. The van der Waals surface area contributed by atoms with Crippen LogP contribution in [0.25, 0.3) is 0 Å². The summed E-state index contributed by atoms with van der Waals surface area (Å²) in [4.78, 5) is 2.28. The molecule has 0 aliphatic carbocycles. The van der Waals surface area contributed by atoms with E-state index in [0.717, 1.165) is 19.6 Å². The summed E-state index contributed by atoms with van der Waals surface area (Å²) in [5, 5.41) is 3.24. The smallest absolute Gasteiger partial charge is 0.126 e. The van der Waals surface area contributed by atoms with Gasteiger partial charge in [-0.1, -0.05) is 30.3 Å². The third-order valence-corrected chi connectivity index (χ3v) is 4.37. The van der Waals surface area contributed by atoms with Crippen molar-refractivity contribution >= 4 is 0 Å². The molecule has 0 spiro atoms. The fourth-order valence-corrected chi connectivity index (χ4v) is 3.26. The first-order chi connectivity index (χ1) is 10.7. The zero-order chi connectivity index (χ0) is 15.5. The lowest BCUT2D eigenvalue weighted by molar-refractivity contribution is 0.320. The Kier molecular flexibility index (Phi) is 4.50. The number of likely N-dealkylation sites (N-methyl/N-ethyl adjacent to an activating group) is 1.